The van der Waals surface area contributed by atoms with E-state index in [-0.39, 0.29) is 23.5 Å². The van der Waals surface area contributed by atoms with Gasteiger partial charge in [-0.05, 0) is 12.8 Å². The normalized spacial score (nSPS) is 32.6. The number of sulfone groups is 1. The van der Waals surface area contributed by atoms with Gasteiger partial charge in [-0.3, -0.25) is 14.6 Å². The first kappa shape index (κ1) is 18.1. The third-order valence-electron chi connectivity index (χ3n) is 5.49. The third kappa shape index (κ3) is 4.47. The van der Waals surface area contributed by atoms with Crippen LogP contribution in [0.15, 0.2) is 0 Å². The summed E-state index contributed by atoms with van der Waals surface area (Å²) in [5.74, 6) is 0.153. The molecule has 3 aliphatic heterocycles. The van der Waals surface area contributed by atoms with Crippen LogP contribution in [0.25, 0.3) is 0 Å². The third-order valence-corrected chi connectivity index (χ3v) is 7.19. The van der Waals surface area contributed by atoms with Gasteiger partial charge in [-0.15, -0.1) is 0 Å². The van der Waals surface area contributed by atoms with Crippen molar-refractivity contribution in [2.45, 2.75) is 37.8 Å². The lowest BCUT2D eigenvalue weighted by molar-refractivity contribution is -0.133. The van der Waals surface area contributed by atoms with Crippen LogP contribution in [0.3, 0.4) is 0 Å². The minimum atomic E-state index is -3.11. The molecule has 24 heavy (non-hydrogen) atoms. The van der Waals surface area contributed by atoms with E-state index in [0.717, 1.165) is 39.0 Å². The standard InChI is InChI=1S/C16H29N3O4S/c20-15-13-24(22,23)12-14(15)18-9-7-17(8-10-18)11-16(21)19-5-3-1-2-4-6-19/h14-15,20H,1-13H2/t14-,15-/m0/s1. The van der Waals surface area contributed by atoms with Gasteiger partial charge in [0.05, 0.1) is 30.2 Å². The number of amides is 1. The van der Waals surface area contributed by atoms with E-state index in [4.69, 9.17) is 0 Å². The molecule has 0 aliphatic carbocycles. The van der Waals surface area contributed by atoms with E-state index in [1.54, 1.807) is 0 Å². The van der Waals surface area contributed by atoms with Gasteiger partial charge in [0.15, 0.2) is 9.84 Å². The lowest BCUT2D eigenvalue weighted by Gasteiger charge is -2.38. The highest BCUT2D eigenvalue weighted by Gasteiger charge is 2.40. The average Bonchev–Trinajstić information content (AvgIpc) is 2.73. The van der Waals surface area contributed by atoms with Crippen LogP contribution in [-0.2, 0) is 14.6 Å². The molecule has 7 nitrogen and oxygen atoms in total. The van der Waals surface area contributed by atoms with E-state index in [0.29, 0.717) is 19.6 Å². The van der Waals surface area contributed by atoms with Crippen LogP contribution >= 0.6 is 0 Å². The fourth-order valence-corrected chi connectivity index (χ4v) is 5.86. The first-order chi connectivity index (χ1) is 11.4. The molecular formula is C16H29N3O4S. The Morgan fingerprint density at radius 2 is 1.54 bits per heavy atom. The number of hydrogen-bond acceptors (Lipinski definition) is 6. The molecule has 0 bridgehead atoms. The Morgan fingerprint density at radius 1 is 0.917 bits per heavy atom. The van der Waals surface area contributed by atoms with Crippen molar-refractivity contribution in [2.24, 2.45) is 0 Å². The van der Waals surface area contributed by atoms with Gasteiger partial charge in [0, 0.05) is 39.3 Å². The van der Waals surface area contributed by atoms with Gasteiger partial charge < -0.3 is 10.0 Å². The van der Waals surface area contributed by atoms with Crippen LogP contribution in [0.1, 0.15) is 25.7 Å². The molecule has 0 unspecified atom stereocenters. The Bertz CT molecular complexity index is 538. The summed E-state index contributed by atoms with van der Waals surface area (Å²) < 4.78 is 23.3. The number of hydrogen-bond donors (Lipinski definition) is 1. The van der Waals surface area contributed by atoms with E-state index in [2.05, 4.69) is 9.80 Å². The number of aliphatic hydroxyl groups excluding tert-OH is 1. The van der Waals surface area contributed by atoms with Gasteiger partial charge in [0.2, 0.25) is 5.91 Å². The van der Waals surface area contributed by atoms with Crippen molar-refractivity contribution in [1.82, 2.24) is 14.7 Å². The number of aliphatic hydroxyl groups is 1. The number of rotatable bonds is 3. The molecule has 1 amide bonds. The monoisotopic (exact) mass is 359 g/mol. The fraction of sp³-hybridized carbons (Fsp3) is 0.938. The molecule has 2 atom stereocenters. The minimum absolute atomic E-state index is 0.0564. The van der Waals surface area contributed by atoms with Crippen LogP contribution in [0.2, 0.25) is 0 Å². The Kier molecular flexibility index (Phi) is 5.79. The summed E-state index contributed by atoms with van der Waals surface area (Å²) in [5.41, 5.74) is 0. The van der Waals surface area contributed by atoms with E-state index in [1.165, 1.54) is 12.8 Å². The molecule has 0 aromatic carbocycles. The zero-order valence-corrected chi connectivity index (χ0v) is 15.1. The number of carbonyl (C=O) groups excluding carboxylic acids is 1. The highest BCUT2D eigenvalue weighted by molar-refractivity contribution is 7.91. The SMILES string of the molecule is O=C(CN1CCN([C@H]2CS(=O)(=O)C[C@@H]2O)CC1)N1CCCCCC1. The zero-order chi connectivity index (χ0) is 17.2. The fourth-order valence-electron chi connectivity index (χ4n) is 4.02. The molecule has 8 heteroatoms. The van der Waals surface area contributed by atoms with E-state index in [9.17, 15) is 18.3 Å². The maximum absolute atomic E-state index is 12.4. The predicted molar refractivity (Wildman–Crippen MR) is 91.5 cm³/mol. The number of nitrogens with zero attached hydrogens (tertiary/aromatic N) is 3. The molecule has 0 spiro atoms. The molecule has 3 saturated heterocycles. The molecule has 3 fully saturated rings. The van der Waals surface area contributed by atoms with E-state index >= 15 is 0 Å². The Hall–Kier alpha value is -0.700. The van der Waals surface area contributed by atoms with Gasteiger partial charge in [0.25, 0.3) is 0 Å². The molecule has 0 radical (unpaired) electrons. The van der Waals surface area contributed by atoms with Gasteiger partial charge in [0.1, 0.15) is 0 Å². The highest BCUT2D eigenvalue weighted by atomic mass is 32.2. The second kappa shape index (κ2) is 7.68. The van der Waals surface area contributed by atoms with Crippen LogP contribution < -0.4 is 0 Å². The van der Waals surface area contributed by atoms with Crippen molar-refractivity contribution < 1.29 is 18.3 Å². The molecule has 0 aromatic rings. The lowest BCUT2D eigenvalue weighted by atomic mass is 10.1. The van der Waals surface area contributed by atoms with Crippen LogP contribution in [0, 0.1) is 0 Å². The maximum Gasteiger partial charge on any atom is 0.236 e. The summed E-state index contributed by atoms with van der Waals surface area (Å²) in [6, 6.07) is -0.279. The zero-order valence-electron chi connectivity index (χ0n) is 14.3. The van der Waals surface area contributed by atoms with Crippen molar-refractivity contribution in [3.8, 4) is 0 Å². The van der Waals surface area contributed by atoms with Crippen molar-refractivity contribution in [2.75, 3.05) is 57.3 Å². The molecule has 1 N–H and O–H groups in total. The molecule has 0 aromatic heterocycles. The first-order valence-corrected chi connectivity index (χ1v) is 10.9. The molecule has 3 heterocycles. The smallest absolute Gasteiger partial charge is 0.236 e. The number of piperazine rings is 1. The maximum atomic E-state index is 12.4. The largest absolute Gasteiger partial charge is 0.390 e. The first-order valence-electron chi connectivity index (χ1n) is 9.07. The molecular weight excluding hydrogens is 330 g/mol. The summed E-state index contributed by atoms with van der Waals surface area (Å²) in [5, 5.41) is 9.99. The second-order valence-corrected chi connectivity index (χ2v) is 9.47. The summed E-state index contributed by atoms with van der Waals surface area (Å²) in [6.07, 6.45) is 3.87. The van der Waals surface area contributed by atoms with Gasteiger partial charge in [-0.25, -0.2) is 8.42 Å². The summed E-state index contributed by atoms with van der Waals surface area (Å²) in [6.45, 7) is 5.15. The van der Waals surface area contributed by atoms with Crippen molar-refractivity contribution in [3.63, 3.8) is 0 Å². The van der Waals surface area contributed by atoms with Crippen LogP contribution in [0.5, 0.6) is 0 Å². The van der Waals surface area contributed by atoms with Gasteiger partial charge in [-0.1, -0.05) is 12.8 Å². The van der Waals surface area contributed by atoms with Crippen molar-refractivity contribution in [3.05, 3.63) is 0 Å². The average molecular weight is 359 g/mol. The summed E-state index contributed by atoms with van der Waals surface area (Å²) in [4.78, 5) is 18.7. The van der Waals surface area contributed by atoms with E-state index in [1.807, 2.05) is 4.90 Å². The molecule has 0 saturated carbocycles. The Morgan fingerprint density at radius 3 is 2.08 bits per heavy atom. The van der Waals surface area contributed by atoms with Gasteiger partial charge in [-0.2, -0.15) is 0 Å². The van der Waals surface area contributed by atoms with Crippen LogP contribution in [-0.4, -0.2) is 104 Å². The molecule has 3 rings (SSSR count). The minimum Gasteiger partial charge on any atom is -0.390 e. The van der Waals surface area contributed by atoms with E-state index < -0.39 is 15.9 Å². The topological polar surface area (TPSA) is 81.2 Å². The molecule has 138 valence electrons. The highest BCUT2D eigenvalue weighted by Crippen LogP contribution is 2.20. The quantitative estimate of drug-likeness (QED) is 0.708. The van der Waals surface area contributed by atoms with Crippen LogP contribution in [0.4, 0.5) is 0 Å². The summed E-state index contributed by atoms with van der Waals surface area (Å²) >= 11 is 0. The summed E-state index contributed by atoms with van der Waals surface area (Å²) in [7, 11) is -3.11. The van der Waals surface area contributed by atoms with Gasteiger partial charge >= 0.3 is 0 Å². The second-order valence-electron chi connectivity index (χ2n) is 7.32. The predicted octanol–water partition coefficient (Wildman–Crippen LogP) is -0.835. The number of likely N-dealkylation sites (tertiary alicyclic amines) is 1. The number of carbonyl (C=O) groups is 1. The Balaban J connectivity index is 1.46. The van der Waals surface area contributed by atoms with Crippen molar-refractivity contribution in [1.29, 1.82) is 0 Å². The molecule has 3 aliphatic rings. The Labute approximate surface area is 144 Å². The lowest BCUT2D eigenvalue weighted by Crippen LogP contribution is -2.55. The van der Waals surface area contributed by atoms with Crippen molar-refractivity contribution >= 4 is 15.7 Å².